The number of aromatic amines is 1. The highest BCUT2D eigenvalue weighted by Gasteiger charge is 2.22. The van der Waals surface area contributed by atoms with Gasteiger partial charge in [-0.05, 0) is 18.6 Å². The first kappa shape index (κ1) is 14.4. The molecule has 116 valence electrons. The topological polar surface area (TPSA) is 76.2 Å². The number of hydrogen-bond donors (Lipinski definition) is 2. The maximum absolute atomic E-state index is 12.2. The van der Waals surface area contributed by atoms with Crippen LogP contribution in [0.4, 0.5) is 0 Å². The van der Waals surface area contributed by atoms with Gasteiger partial charge in [0.15, 0.2) is 11.5 Å². The molecule has 2 heterocycles. The first-order chi connectivity index (χ1) is 10.8. The number of nitrogens with zero attached hydrogens (tertiary/aromatic N) is 1. The number of aromatic nitrogens is 2. The smallest absolute Gasteiger partial charge is 0.254 e. The summed E-state index contributed by atoms with van der Waals surface area (Å²) >= 11 is 0. The molecule has 2 N–H and O–H groups in total. The monoisotopic (exact) mass is 301 g/mol. The Kier molecular flexibility index (Phi) is 4.27. The fraction of sp³-hybridized carbons (Fsp3) is 0.375. The molecule has 22 heavy (non-hydrogen) atoms. The summed E-state index contributed by atoms with van der Waals surface area (Å²) in [7, 11) is 0. The normalized spacial score (nSPS) is 16.3. The average Bonchev–Trinajstić information content (AvgIpc) is 3.01. The number of ether oxygens (including phenoxy) is 2. The Labute approximate surface area is 128 Å². The Morgan fingerprint density at radius 2 is 2.23 bits per heavy atom. The molecule has 1 amide bonds. The lowest BCUT2D eigenvalue weighted by Crippen LogP contribution is -2.40. The molecule has 1 atom stereocenters. The summed E-state index contributed by atoms with van der Waals surface area (Å²) in [5, 5.41) is 9.70. The molecule has 1 aliphatic rings. The number of nitrogens with one attached hydrogen (secondary N) is 2. The van der Waals surface area contributed by atoms with Gasteiger partial charge in [-0.25, -0.2) is 0 Å². The van der Waals surface area contributed by atoms with Crippen molar-refractivity contribution in [1.82, 2.24) is 15.5 Å². The van der Waals surface area contributed by atoms with Crippen molar-refractivity contribution in [2.24, 2.45) is 0 Å². The SMILES string of the molecule is CCCc1[nH]ncc1C(=O)NCC1COc2ccccc2O1. The van der Waals surface area contributed by atoms with Gasteiger partial charge in [0.1, 0.15) is 12.7 Å². The van der Waals surface area contributed by atoms with E-state index in [1.807, 2.05) is 24.3 Å². The lowest BCUT2D eigenvalue weighted by Gasteiger charge is -2.26. The summed E-state index contributed by atoms with van der Waals surface area (Å²) in [6.07, 6.45) is 3.13. The highest BCUT2D eigenvalue weighted by atomic mass is 16.6. The van der Waals surface area contributed by atoms with Crippen LogP contribution in [0.2, 0.25) is 0 Å². The van der Waals surface area contributed by atoms with Crippen LogP contribution in [0, 0.1) is 0 Å². The number of fused-ring (bicyclic) bond motifs is 1. The molecule has 1 aromatic carbocycles. The van der Waals surface area contributed by atoms with E-state index in [0.717, 1.165) is 24.3 Å². The predicted molar refractivity (Wildman–Crippen MR) is 81.3 cm³/mol. The van der Waals surface area contributed by atoms with Gasteiger partial charge in [0.2, 0.25) is 0 Å². The van der Waals surface area contributed by atoms with E-state index in [4.69, 9.17) is 9.47 Å². The lowest BCUT2D eigenvalue weighted by molar-refractivity contribution is 0.0788. The number of amides is 1. The van der Waals surface area contributed by atoms with E-state index in [-0.39, 0.29) is 12.0 Å². The van der Waals surface area contributed by atoms with Gasteiger partial charge in [0, 0.05) is 5.69 Å². The molecule has 1 aliphatic heterocycles. The van der Waals surface area contributed by atoms with Crippen molar-refractivity contribution >= 4 is 5.91 Å². The third-order valence-corrected chi connectivity index (χ3v) is 3.52. The van der Waals surface area contributed by atoms with E-state index in [1.54, 1.807) is 6.20 Å². The van der Waals surface area contributed by atoms with Gasteiger partial charge >= 0.3 is 0 Å². The van der Waals surface area contributed by atoms with Crippen LogP contribution in [0.3, 0.4) is 0 Å². The van der Waals surface area contributed by atoms with E-state index in [1.165, 1.54) is 0 Å². The van der Waals surface area contributed by atoms with Gasteiger partial charge in [0.25, 0.3) is 5.91 Å². The van der Waals surface area contributed by atoms with Crippen LogP contribution in [0.5, 0.6) is 11.5 Å². The van der Waals surface area contributed by atoms with Crippen molar-refractivity contribution in [3.05, 3.63) is 41.7 Å². The van der Waals surface area contributed by atoms with Crippen molar-refractivity contribution in [2.45, 2.75) is 25.9 Å². The number of H-pyrrole nitrogens is 1. The first-order valence-electron chi connectivity index (χ1n) is 7.47. The van der Waals surface area contributed by atoms with Gasteiger partial charge in [-0.3, -0.25) is 9.89 Å². The number of aryl methyl sites for hydroxylation is 1. The standard InChI is InChI=1S/C16H19N3O3/c1-2-5-13-12(9-18-19-13)16(20)17-8-11-10-21-14-6-3-4-7-15(14)22-11/h3-4,6-7,9,11H,2,5,8,10H2,1H3,(H,17,20)(H,18,19). The van der Waals surface area contributed by atoms with Crippen LogP contribution < -0.4 is 14.8 Å². The molecular formula is C16H19N3O3. The summed E-state index contributed by atoms with van der Waals surface area (Å²) < 4.78 is 11.4. The van der Waals surface area contributed by atoms with Gasteiger partial charge in [-0.15, -0.1) is 0 Å². The Hall–Kier alpha value is -2.50. The average molecular weight is 301 g/mol. The summed E-state index contributed by atoms with van der Waals surface area (Å²) in [6.45, 7) is 2.88. The number of hydrogen-bond acceptors (Lipinski definition) is 4. The molecule has 0 saturated carbocycles. The van der Waals surface area contributed by atoms with E-state index in [9.17, 15) is 4.79 Å². The molecule has 6 nitrogen and oxygen atoms in total. The number of carbonyl (C=O) groups excluding carboxylic acids is 1. The molecular weight excluding hydrogens is 282 g/mol. The Balaban J connectivity index is 1.57. The van der Waals surface area contributed by atoms with Crippen LogP contribution in [-0.2, 0) is 6.42 Å². The summed E-state index contributed by atoms with van der Waals surface area (Å²) in [5.41, 5.74) is 1.46. The first-order valence-corrected chi connectivity index (χ1v) is 7.47. The molecule has 0 fully saturated rings. The van der Waals surface area contributed by atoms with E-state index in [2.05, 4.69) is 22.4 Å². The van der Waals surface area contributed by atoms with Crippen molar-refractivity contribution < 1.29 is 14.3 Å². The van der Waals surface area contributed by atoms with Crippen molar-refractivity contribution in [3.8, 4) is 11.5 Å². The van der Waals surface area contributed by atoms with Crippen molar-refractivity contribution in [2.75, 3.05) is 13.2 Å². The molecule has 3 rings (SSSR count). The van der Waals surface area contributed by atoms with Gasteiger partial charge in [-0.1, -0.05) is 25.5 Å². The largest absolute Gasteiger partial charge is 0.486 e. The highest BCUT2D eigenvalue weighted by Crippen LogP contribution is 2.30. The second-order valence-corrected chi connectivity index (χ2v) is 5.22. The van der Waals surface area contributed by atoms with Crippen LogP contribution >= 0.6 is 0 Å². The number of para-hydroxylation sites is 2. The fourth-order valence-corrected chi connectivity index (χ4v) is 2.41. The predicted octanol–water partition coefficient (Wildman–Crippen LogP) is 1.93. The Bertz CT molecular complexity index is 654. The molecule has 2 aromatic rings. The molecule has 0 radical (unpaired) electrons. The third kappa shape index (κ3) is 3.05. The van der Waals surface area contributed by atoms with E-state index >= 15 is 0 Å². The number of benzene rings is 1. The third-order valence-electron chi connectivity index (χ3n) is 3.52. The maximum atomic E-state index is 12.2. The van der Waals surface area contributed by atoms with Gasteiger partial charge in [0.05, 0.1) is 18.3 Å². The van der Waals surface area contributed by atoms with Gasteiger partial charge < -0.3 is 14.8 Å². The highest BCUT2D eigenvalue weighted by molar-refractivity contribution is 5.95. The minimum absolute atomic E-state index is 0.139. The summed E-state index contributed by atoms with van der Waals surface area (Å²) in [4.78, 5) is 12.2. The number of rotatable bonds is 5. The zero-order valence-electron chi connectivity index (χ0n) is 12.5. The van der Waals surface area contributed by atoms with E-state index < -0.39 is 0 Å². The van der Waals surface area contributed by atoms with Crippen molar-refractivity contribution in [3.63, 3.8) is 0 Å². The molecule has 1 unspecified atom stereocenters. The van der Waals surface area contributed by atoms with E-state index in [0.29, 0.717) is 24.5 Å². The molecule has 0 spiro atoms. The Morgan fingerprint density at radius 3 is 3.05 bits per heavy atom. The zero-order chi connectivity index (χ0) is 15.4. The molecule has 1 aromatic heterocycles. The summed E-state index contributed by atoms with van der Waals surface area (Å²) in [6, 6.07) is 7.52. The van der Waals surface area contributed by atoms with Crippen LogP contribution in [0.15, 0.2) is 30.5 Å². The quantitative estimate of drug-likeness (QED) is 0.885. The molecule has 0 aliphatic carbocycles. The fourth-order valence-electron chi connectivity index (χ4n) is 2.41. The van der Waals surface area contributed by atoms with Crippen LogP contribution in [0.25, 0.3) is 0 Å². The Morgan fingerprint density at radius 1 is 1.41 bits per heavy atom. The summed E-state index contributed by atoms with van der Waals surface area (Å²) in [5.74, 6) is 1.31. The van der Waals surface area contributed by atoms with Crippen LogP contribution in [0.1, 0.15) is 29.4 Å². The van der Waals surface area contributed by atoms with Gasteiger partial charge in [-0.2, -0.15) is 5.10 Å². The van der Waals surface area contributed by atoms with Crippen molar-refractivity contribution in [1.29, 1.82) is 0 Å². The molecule has 0 bridgehead atoms. The zero-order valence-corrected chi connectivity index (χ0v) is 12.5. The minimum Gasteiger partial charge on any atom is -0.486 e. The second kappa shape index (κ2) is 6.51. The maximum Gasteiger partial charge on any atom is 0.254 e. The van der Waals surface area contributed by atoms with Crippen LogP contribution in [-0.4, -0.2) is 35.4 Å². The lowest BCUT2D eigenvalue weighted by atomic mass is 10.1. The minimum atomic E-state index is -0.194. The molecule has 6 heteroatoms. The second-order valence-electron chi connectivity index (χ2n) is 5.22. The molecule has 0 saturated heterocycles. The number of carbonyl (C=O) groups is 1.